The van der Waals surface area contributed by atoms with Crippen molar-refractivity contribution >= 4 is 17.3 Å². The highest BCUT2D eigenvalue weighted by molar-refractivity contribution is 6.30. The minimum absolute atomic E-state index is 0.308. The van der Waals surface area contributed by atoms with E-state index in [1.54, 1.807) is 18.2 Å². The van der Waals surface area contributed by atoms with Gasteiger partial charge < -0.3 is 16.2 Å². The standard InChI is InChI=1S/C14H12ClF3N2O/c15-9-3-6-12(19)11(7-9)13(20)8-1-4-10(5-2-8)21-14(16,17)18/h1-7,13H,19-20H2/t13-/m0/s1. The Hall–Kier alpha value is -1.92. The lowest BCUT2D eigenvalue weighted by atomic mass is 9.98. The summed E-state index contributed by atoms with van der Waals surface area (Å²) in [6, 6.07) is 9.59. The van der Waals surface area contributed by atoms with Crippen LogP contribution in [0.3, 0.4) is 0 Å². The van der Waals surface area contributed by atoms with Crippen molar-refractivity contribution in [2.75, 3.05) is 5.73 Å². The van der Waals surface area contributed by atoms with Crippen molar-refractivity contribution in [3.8, 4) is 5.75 Å². The van der Waals surface area contributed by atoms with Gasteiger partial charge in [-0.25, -0.2) is 0 Å². The number of nitrogens with two attached hydrogens (primary N) is 2. The predicted octanol–water partition coefficient (Wildman–Crippen LogP) is 3.87. The number of hydrogen-bond donors (Lipinski definition) is 2. The van der Waals surface area contributed by atoms with Crippen LogP contribution >= 0.6 is 11.6 Å². The molecule has 0 heterocycles. The van der Waals surface area contributed by atoms with E-state index < -0.39 is 12.4 Å². The Balaban J connectivity index is 2.24. The molecule has 3 nitrogen and oxygen atoms in total. The van der Waals surface area contributed by atoms with E-state index in [0.29, 0.717) is 21.8 Å². The summed E-state index contributed by atoms with van der Waals surface area (Å²) >= 11 is 5.89. The minimum atomic E-state index is -4.72. The largest absolute Gasteiger partial charge is 0.573 e. The Kier molecular flexibility index (Phi) is 4.29. The third-order valence-electron chi connectivity index (χ3n) is 2.86. The van der Waals surface area contributed by atoms with Crippen molar-refractivity contribution in [3.63, 3.8) is 0 Å². The molecule has 0 saturated carbocycles. The predicted molar refractivity (Wildman–Crippen MR) is 75.0 cm³/mol. The van der Waals surface area contributed by atoms with Crippen LogP contribution in [0.1, 0.15) is 17.2 Å². The lowest BCUT2D eigenvalue weighted by Crippen LogP contribution is -2.17. The SMILES string of the molecule is Nc1ccc(Cl)cc1[C@@H](N)c1ccc(OC(F)(F)F)cc1. The zero-order chi connectivity index (χ0) is 15.6. The number of hydrogen-bond acceptors (Lipinski definition) is 3. The lowest BCUT2D eigenvalue weighted by molar-refractivity contribution is -0.274. The van der Waals surface area contributed by atoms with Crippen molar-refractivity contribution in [2.45, 2.75) is 12.4 Å². The average molecular weight is 317 g/mol. The van der Waals surface area contributed by atoms with E-state index in [4.69, 9.17) is 23.1 Å². The molecule has 2 aromatic carbocycles. The molecule has 0 amide bonds. The molecule has 112 valence electrons. The molecule has 2 rings (SSSR count). The quantitative estimate of drug-likeness (QED) is 0.845. The third kappa shape index (κ3) is 4.03. The van der Waals surface area contributed by atoms with Crippen LogP contribution in [-0.4, -0.2) is 6.36 Å². The molecule has 0 saturated heterocycles. The first-order valence-corrected chi connectivity index (χ1v) is 6.30. The normalized spacial score (nSPS) is 13.0. The maximum absolute atomic E-state index is 12.1. The Labute approximate surface area is 124 Å². The molecular weight excluding hydrogens is 305 g/mol. The van der Waals surface area contributed by atoms with Crippen LogP contribution in [0.5, 0.6) is 5.75 Å². The van der Waals surface area contributed by atoms with E-state index in [9.17, 15) is 13.2 Å². The van der Waals surface area contributed by atoms with Crippen molar-refractivity contribution < 1.29 is 17.9 Å². The Morgan fingerprint density at radius 1 is 1.05 bits per heavy atom. The van der Waals surface area contributed by atoms with E-state index >= 15 is 0 Å². The second kappa shape index (κ2) is 5.83. The van der Waals surface area contributed by atoms with E-state index in [1.807, 2.05) is 0 Å². The smallest absolute Gasteiger partial charge is 0.406 e. The summed E-state index contributed by atoms with van der Waals surface area (Å²) in [7, 11) is 0. The summed E-state index contributed by atoms with van der Waals surface area (Å²) in [5.74, 6) is -0.308. The van der Waals surface area contributed by atoms with Gasteiger partial charge in [0.2, 0.25) is 0 Å². The molecule has 0 spiro atoms. The molecule has 4 N–H and O–H groups in total. The maximum atomic E-state index is 12.1. The lowest BCUT2D eigenvalue weighted by Gasteiger charge is -2.16. The second-order valence-corrected chi connectivity index (χ2v) is 4.80. The van der Waals surface area contributed by atoms with Gasteiger partial charge >= 0.3 is 6.36 Å². The number of rotatable bonds is 3. The summed E-state index contributed by atoms with van der Waals surface area (Å²) < 4.78 is 40.1. The summed E-state index contributed by atoms with van der Waals surface area (Å²) in [4.78, 5) is 0. The van der Waals surface area contributed by atoms with Gasteiger partial charge in [0, 0.05) is 10.7 Å². The molecule has 1 atom stereocenters. The molecule has 0 unspecified atom stereocenters. The zero-order valence-corrected chi connectivity index (χ0v) is 11.4. The fourth-order valence-electron chi connectivity index (χ4n) is 1.87. The van der Waals surface area contributed by atoms with Crippen LogP contribution in [0.2, 0.25) is 5.02 Å². The molecule has 7 heteroatoms. The van der Waals surface area contributed by atoms with Gasteiger partial charge in [-0.1, -0.05) is 23.7 Å². The highest BCUT2D eigenvalue weighted by Crippen LogP contribution is 2.29. The molecule has 0 bridgehead atoms. The molecule has 0 radical (unpaired) electrons. The molecule has 0 aliphatic carbocycles. The Morgan fingerprint density at radius 2 is 1.67 bits per heavy atom. The van der Waals surface area contributed by atoms with Crippen LogP contribution in [0.4, 0.5) is 18.9 Å². The Bertz CT molecular complexity index is 629. The molecule has 0 fully saturated rings. The number of ether oxygens (including phenoxy) is 1. The maximum Gasteiger partial charge on any atom is 0.573 e. The number of halogens is 4. The van der Waals surface area contributed by atoms with Crippen molar-refractivity contribution in [1.29, 1.82) is 0 Å². The van der Waals surface area contributed by atoms with E-state index in [0.717, 1.165) is 0 Å². The van der Waals surface area contributed by atoms with Crippen LogP contribution in [0.25, 0.3) is 0 Å². The molecule has 0 aromatic heterocycles. The van der Waals surface area contributed by atoms with Gasteiger partial charge in [0.1, 0.15) is 5.75 Å². The van der Waals surface area contributed by atoms with E-state index in [-0.39, 0.29) is 5.75 Å². The van der Waals surface area contributed by atoms with Gasteiger partial charge in [0.25, 0.3) is 0 Å². The number of benzene rings is 2. The molecule has 0 aliphatic rings. The van der Waals surface area contributed by atoms with Gasteiger partial charge in [-0.15, -0.1) is 13.2 Å². The number of anilines is 1. The van der Waals surface area contributed by atoms with Crippen LogP contribution < -0.4 is 16.2 Å². The third-order valence-corrected chi connectivity index (χ3v) is 3.09. The molecular formula is C14H12ClF3N2O. The summed E-state index contributed by atoms with van der Waals surface area (Å²) in [5.41, 5.74) is 13.6. The minimum Gasteiger partial charge on any atom is -0.406 e. The van der Waals surface area contributed by atoms with Gasteiger partial charge in [-0.3, -0.25) is 0 Å². The van der Waals surface area contributed by atoms with E-state index in [1.165, 1.54) is 24.3 Å². The zero-order valence-electron chi connectivity index (χ0n) is 10.7. The van der Waals surface area contributed by atoms with Crippen LogP contribution in [0.15, 0.2) is 42.5 Å². The number of alkyl halides is 3. The molecule has 2 aromatic rings. The fourth-order valence-corrected chi connectivity index (χ4v) is 2.05. The first-order chi connectivity index (χ1) is 9.76. The van der Waals surface area contributed by atoms with Crippen molar-refractivity contribution in [3.05, 3.63) is 58.6 Å². The van der Waals surface area contributed by atoms with Crippen LogP contribution in [0, 0.1) is 0 Å². The molecule has 21 heavy (non-hydrogen) atoms. The fraction of sp³-hybridized carbons (Fsp3) is 0.143. The highest BCUT2D eigenvalue weighted by atomic mass is 35.5. The summed E-state index contributed by atoms with van der Waals surface area (Å²) in [5, 5.41) is 0.478. The van der Waals surface area contributed by atoms with Gasteiger partial charge in [-0.2, -0.15) is 0 Å². The van der Waals surface area contributed by atoms with Crippen molar-refractivity contribution in [2.24, 2.45) is 5.73 Å². The number of nitrogen functional groups attached to an aromatic ring is 1. The Morgan fingerprint density at radius 3 is 2.24 bits per heavy atom. The second-order valence-electron chi connectivity index (χ2n) is 4.37. The first-order valence-electron chi connectivity index (χ1n) is 5.92. The summed E-state index contributed by atoms with van der Waals surface area (Å²) in [6.07, 6.45) is -4.72. The van der Waals surface area contributed by atoms with Gasteiger partial charge in [0.05, 0.1) is 6.04 Å². The monoisotopic (exact) mass is 316 g/mol. The van der Waals surface area contributed by atoms with Gasteiger partial charge in [0.15, 0.2) is 0 Å². The summed E-state index contributed by atoms with van der Waals surface area (Å²) in [6.45, 7) is 0. The average Bonchev–Trinajstić information content (AvgIpc) is 2.40. The van der Waals surface area contributed by atoms with E-state index in [2.05, 4.69) is 4.74 Å². The topological polar surface area (TPSA) is 61.3 Å². The first kappa shape index (κ1) is 15.5. The van der Waals surface area contributed by atoms with Gasteiger partial charge in [-0.05, 0) is 41.5 Å². The van der Waals surface area contributed by atoms with Crippen LogP contribution in [-0.2, 0) is 0 Å². The van der Waals surface area contributed by atoms with Crippen molar-refractivity contribution in [1.82, 2.24) is 0 Å². The highest BCUT2D eigenvalue weighted by Gasteiger charge is 2.31. The molecule has 0 aliphatic heterocycles.